The lowest BCUT2D eigenvalue weighted by Gasteiger charge is -2.20. The third-order valence-corrected chi connectivity index (χ3v) is 3.80. The van der Waals surface area contributed by atoms with Gasteiger partial charge in [-0.1, -0.05) is 5.16 Å². The van der Waals surface area contributed by atoms with Crippen molar-refractivity contribution in [1.82, 2.24) is 25.2 Å². The van der Waals surface area contributed by atoms with Crippen LogP contribution in [-0.2, 0) is 13.5 Å². The maximum absolute atomic E-state index is 5.35. The molecule has 1 N–H and O–H groups in total. The Morgan fingerprint density at radius 2 is 2.42 bits per heavy atom. The summed E-state index contributed by atoms with van der Waals surface area (Å²) in [5.74, 6) is 1.99. The van der Waals surface area contributed by atoms with Crippen LogP contribution in [0.3, 0.4) is 0 Å². The van der Waals surface area contributed by atoms with Crippen LogP contribution in [0.1, 0.15) is 24.4 Å². The first-order valence-electron chi connectivity index (χ1n) is 6.76. The standard InChI is InChI=1S/C13H19N5O/c1-9-11(8-15-18(9)2)13-16-12(17-19-13)6-10-4-3-5-14-7-10/h8,10,14H,3-7H2,1-2H3. The summed E-state index contributed by atoms with van der Waals surface area (Å²) in [4.78, 5) is 4.49. The van der Waals surface area contributed by atoms with E-state index in [2.05, 4.69) is 20.6 Å². The van der Waals surface area contributed by atoms with Gasteiger partial charge >= 0.3 is 0 Å². The first-order valence-corrected chi connectivity index (χ1v) is 6.76. The summed E-state index contributed by atoms with van der Waals surface area (Å²) in [5, 5.41) is 11.7. The van der Waals surface area contributed by atoms with Crippen LogP contribution >= 0.6 is 0 Å². The SMILES string of the molecule is Cc1c(-c2nc(CC3CCCNC3)no2)cnn1C. The zero-order chi connectivity index (χ0) is 13.2. The number of nitrogens with one attached hydrogen (secondary N) is 1. The van der Waals surface area contributed by atoms with Crippen molar-refractivity contribution in [1.29, 1.82) is 0 Å². The molecule has 6 heteroatoms. The summed E-state index contributed by atoms with van der Waals surface area (Å²) in [6.45, 7) is 4.18. The number of piperidine rings is 1. The van der Waals surface area contributed by atoms with Crippen molar-refractivity contribution in [3.8, 4) is 11.5 Å². The Balaban J connectivity index is 1.74. The average Bonchev–Trinajstić information content (AvgIpc) is 3.00. The smallest absolute Gasteiger partial charge is 0.261 e. The van der Waals surface area contributed by atoms with Gasteiger partial charge in [0.2, 0.25) is 0 Å². The fourth-order valence-electron chi connectivity index (χ4n) is 2.51. The summed E-state index contributed by atoms with van der Waals surface area (Å²) < 4.78 is 7.16. The molecule has 0 aliphatic carbocycles. The van der Waals surface area contributed by atoms with Gasteiger partial charge in [0.25, 0.3) is 5.89 Å². The highest BCUT2D eigenvalue weighted by atomic mass is 16.5. The Hall–Kier alpha value is -1.69. The molecule has 1 fully saturated rings. The van der Waals surface area contributed by atoms with Crippen LogP contribution in [0.2, 0.25) is 0 Å². The van der Waals surface area contributed by atoms with Crippen molar-refractivity contribution in [2.24, 2.45) is 13.0 Å². The fraction of sp³-hybridized carbons (Fsp3) is 0.615. The molecule has 1 saturated heterocycles. The van der Waals surface area contributed by atoms with Crippen LogP contribution in [-0.4, -0.2) is 33.0 Å². The molecule has 3 heterocycles. The zero-order valence-electron chi connectivity index (χ0n) is 11.4. The molecule has 0 spiro atoms. The first kappa shape index (κ1) is 12.3. The van der Waals surface area contributed by atoms with Gasteiger partial charge in [-0.15, -0.1) is 0 Å². The van der Waals surface area contributed by atoms with Crippen molar-refractivity contribution in [3.63, 3.8) is 0 Å². The third kappa shape index (κ3) is 2.53. The van der Waals surface area contributed by atoms with Gasteiger partial charge in [-0.3, -0.25) is 4.68 Å². The molecule has 0 bridgehead atoms. The molecule has 1 aliphatic rings. The molecule has 0 saturated carbocycles. The molecule has 1 unspecified atom stereocenters. The average molecular weight is 261 g/mol. The van der Waals surface area contributed by atoms with E-state index in [1.165, 1.54) is 12.8 Å². The lowest BCUT2D eigenvalue weighted by atomic mass is 9.96. The van der Waals surface area contributed by atoms with E-state index in [1.54, 1.807) is 6.20 Å². The first-order chi connectivity index (χ1) is 9.24. The molecule has 3 rings (SSSR count). The summed E-state index contributed by atoms with van der Waals surface area (Å²) in [5.41, 5.74) is 1.96. The highest BCUT2D eigenvalue weighted by molar-refractivity contribution is 5.54. The van der Waals surface area contributed by atoms with Crippen LogP contribution in [0.5, 0.6) is 0 Å². The number of hydrogen-bond donors (Lipinski definition) is 1. The van der Waals surface area contributed by atoms with E-state index in [0.717, 1.165) is 36.6 Å². The summed E-state index contributed by atoms with van der Waals surface area (Å²) in [6.07, 6.45) is 5.13. The molecule has 2 aromatic heterocycles. The minimum atomic E-state index is 0.573. The molecule has 0 aromatic carbocycles. The summed E-state index contributed by atoms with van der Waals surface area (Å²) in [7, 11) is 1.91. The maximum atomic E-state index is 5.35. The molecule has 0 amide bonds. The van der Waals surface area contributed by atoms with E-state index in [9.17, 15) is 0 Å². The highest BCUT2D eigenvalue weighted by Crippen LogP contribution is 2.22. The molecule has 0 radical (unpaired) electrons. The monoisotopic (exact) mass is 261 g/mol. The molecule has 19 heavy (non-hydrogen) atoms. The highest BCUT2D eigenvalue weighted by Gasteiger charge is 2.18. The normalized spacial score (nSPS) is 19.8. The van der Waals surface area contributed by atoms with Gasteiger partial charge in [-0.25, -0.2) is 0 Å². The topological polar surface area (TPSA) is 68.8 Å². The lowest BCUT2D eigenvalue weighted by Crippen LogP contribution is -2.31. The molecular weight excluding hydrogens is 242 g/mol. The molecule has 2 aromatic rings. The Bertz CT molecular complexity index is 553. The van der Waals surface area contributed by atoms with E-state index >= 15 is 0 Å². The molecule has 6 nitrogen and oxygen atoms in total. The van der Waals surface area contributed by atoms with Gasteiger partial charge in [0.1, 0.15) is 0 Å². The van der Waals surface area contributed by atoms with Crippen LogP contribution in [0.4, 0.5) is 0 Å². The second kappa shape index (κ2) is 5.13. The summed E-state index contributed by atoms with van der Waals surface area (Å²) in [6, 6.07) is 0. The van der Waals surface area contributed by atoms with Crippen molar-refractivity contribution >= 4 is 0 Å². The lowest BCUT2D eigenvalue weighted by molar-refractivity contribution is 0.360. The van der Waals surface area contributed by atoms with Gasteiger partial charge in [0.15, 0.2) is 5.82 Å². The van der Waals surface area contributed by atoms with Crippen LogP contribution in [0.15, 0.2) is 10.7 Å². The number of aryl methyl sites for hydroxylation is 1. The van der Waals surface area contributed by atoms with Crippen LogP contribution in [0, 0.1) is 12.8 Å². The molecule has 1 atom stereocenters. The molecular formula is C13H19N5O. The zero-order valence-corrected chi connectivity index (χ0v) is 11.4. The van der Waals surface area contributed by atoms with Crippen LogP contribution < -0.4 is 5.32 Å². The quantitative estimate of drug-likeness (QED) is 0.902. The van der Waals surface area contributed by atoms with E-state index in [4.69, 9.17) is 4.52 Å². The minimum Gasteiger partial charge on any atom is -0.334 e. The van der Waals surface area contributed by atoms with Crippen molar-refractivity contribution < 1.29 is 4.52 Å². The van der Waals surface area contributed by atoms with Crippen molar-refractivity contribution in [2.75, 3.05) is 13.1 Å². The summed E-state index contributed by atoms with van der Waals surface area (Å²) >= 11 is 0. The van der Waals surface area contributed by atoms with E-state index in [1.807, 2.05) is 18.7 Å². The van der Waals surface area contributed by atoms with Crippen LogP contribution in [0.25, 0.3) is 11.5 Å². The van der Waals surface area contributed by atoms with E-state index in [0.29, 0.717) is 11.8 Å². The predicted octanol–water partition coefficient (Wildman–Crippen LogP) is 1.32. The Morgan fingerprint density at radius 1 is 1.53 bits per heavy atom. The minimum absolute atomic E-state index is 0.573. The second-order valence-electron chi connectivity index (χ2n) is 5.20. The second-order valence-corrected chi connectivity index (χ2v) is 5.20. The van der Waals surface area contributed by atoms with E-state index in [-0.39, 0.29) is 0 Å². The molecule has 1 aliphatic heterocycles. The van der Waals surface area contributed by atoms with Gasteiger partial charge < -0.3 is 9.84 Å². The third-order valence-electron chi connectivity index (χ3n) is 3.80. The van der Waals surface area contributed by atoms with Gasteiger partial charge in [0.05, 0.1) is 11.8 Å². The van der Waals surface area contributed by atoms with Crippen molar-refractivity contribution in [2.45, 2.75) is 26.2 Å². The number of hydrogen-bond acceptors (Lipinski definition) is 5. The molecule has 102 valence electrons. The predicted molar refractivity (Wildman–Crippen MR) is 70.5 cm³/mol. The Kier molecular flexibility index (Phi) is 3.33. The van der Waals surface area contributed by atoms with Crippen molar-refractivity contribution in [3.05, 3.63) is 17.7 Å². The fourth-order valence-corrected chi connectivity index (χ4v) is 2.51. The number of nitrogens with zero attached hydrogens (tertiary/aromatic N) is 4. The Morgan fingerprint density at radius 3 is 3.11 bits per heavy atom. The van der Waals surface area contributed by atoms with E-state index < -0.39 is 0 Å². The number of rotatable bonds is 3. The largest absolute Gasteiger partial charge is 0.334 e. The maximum Gasteiger partial charge on any atom is 0.261 e. The Labute approximate surface area is 112 Å². The van der Waals surface area contributed by atoms with Gasteiger partial charge in [0, 0.05) is 19.2 Å². The number of aromatic nitrogens is 4. The van der Waals surface area contributed by atoms with Gasteiger partial charge in [-0.2, -0.15) is 10.1 Å². The van der Waals surface area contributed by atoms with Gasteiger partial charge in [-0.05, 0) is 38.8 Å².